The van der Waals surface area contributed by atoms with Gasteiger partial charge in [0.25, 0.3) is 11.6 Å². The van der Waals surface area contributed by atoms with E-state index in [0.717, 1.165) is 11.0 Å². The molecule has 0 spiro atoms. The predicted octanol–water partition coefficient (Wildman–Crippen LogP) is 4.99. The van der Waals surface area contributed by atoms with Crippen LogP contribution in [0.2, 0.25) is 0 Å². The number of halogens is 1. The molecule has 3 aromatic rings. The second-order valence-corrected chi connectivity index (χ2v) is 10.9. The Hall–Kier alpha value is -3.90. The maximum Gasteiger partial charge on any atom is 0.271 e. The van der Waals surface area contributed by atoms with Crippen LogP contribution in [0.1, 0.15) is 23.4 Å². The first-order chi connectivity index (χ1) is 17.7. The van der Waals surface area contributed by atoms with E-state index in [1.807, 2.05) is 6.92 Å². The first kappa shape index (κ1) is 24.8. The van der Waals surface area contributed by atoms with E-state index in [1.54, 1.807) is 36.4 Å². The average molecular weight is 587 g/mol. The highest BCUT2D eigenvalue weighted by Gasteiger charge is 2.50. The number of anilines is 1. The minimum Gasteiger partial charge on any atom is -0.494 e. The first-order valence-corrected chi connectivity index (χ1v) is 13.4. The van der Waals surface area contributed by atoms with Crippen molar-refractivity contribution in [3.63, 3.8) is 0 Å². The van der Waals surface area contributed by atoms with Crippen LogP contribution in [0.3, 0.4) is 0 Å². The lowest BCUT2D eigenvalue weighted by Crippen LogP contribution is -2.29. The first-order valence-electron chi connectivity index (χ1n) is 11.1. The molecule has 10 nitrogen and oxygen atoms in total. The van der Waals surface area contributed by atoms with Crippen LogP contribution < -0.4 is 19.1 Å². The highest BCUT2D eigenvalue weighted by molar-refractivity contribution is 9.10. The maximum atomic E-state index is 13.9. The third kappa shape index (κ3) is 4.42. The largest absolute Gasteiger partial charge is 0.494 e. The molecule has 190 valence electrons. The fraction of sp³-hybridized carbons (Fsp3) is 0.160. The molecule has 1 atom stereocenters. The SMILES string of the molecule is CCOc1ccc(N2C(=O)/C(=C\c3cc4c(cc3Br)OCO4)S(=O)(=O)C2c2cccc([N+](=O)[O-])c2)cc1. The number of benzene rings is 3. The molecule has 0 saturated carbocycles. The van der Waals surface area contributed by atoms with Crippen LogP contribution in [0.4, 0.5) is 11.4 Å². The van der Waals surface area contributed by atoms with Crippen LogP contribution in [-0.4, -0.2) is 32.6 Å². The molecule has 1 fully saturated rings. The van der Waals surface area contributed by atoms with Crippen LogP contribution in [0.25, 0.3) is 6.08 Å². The van der Waals surface area contributed by atoms with Crippen molar-refractivity contribution in [2.45, 2.75) is 12.3 Å². The zero-order chi connectivity index (χ0) is 26.3. The van der Waals surface area contributed by atoms with Gasteiger partial charge in [-0.2, -0.15) is 0 Å². The van der Waals surface area contributed by atoms with Crippen molar-refractivity contribution in [2.75, 3.05) is 18.3 Å². The van der Waals surface area contributed by atoms with E-state index >= 15 is 0 Å². The summed E-state index contributed by atoms with van der Waals surface area (Å²) >= 11 is 3.39. The van der Waals surface area contributed by atoms with Crippen LogP contribution in [0.15, 0.2) is 70.0 Å². The third-order valence-corrected chi connectivity index (χ3v) is 8.50. The van der Waals surface area contributed by atoms with Gasteiger partial charge in [0.2, 0.25) is 16.6 Å². The number of hydrogen-bond donors (Lipinski definition) is 0. The van der Waals surface area contributed by atoms with Gasteiger partial charge in [-0.25, -0.2) is 8.42 Å². The van der Waals surface area contributed by atoms with Gasteiger partial charge in [0.15, 0.2) is 16.9 Å². The van der Waals surface area contributed by atoms with E-state index in [9.17, 15) is 23.3 Å². The molecule has 37 heavy (non-hydrogen) atoms. The van der Waals surface area contributed by atoms with Gasteiger partial charge in [-0.15, -0.1) is 0 Å². The van der Waals surface area contributed by atoms with E-state index in [0.29, 0.717) is 39.6 Å². The molecule has 0 bridgehead atoms. The zero-order valence-corrected chi connectivity index (χ0v) is 21.7. The minimum atomic E-state index is -4.33. The second kappa shape index (κ2) is 9.52. The van der Waals surface area contributed by atoms with Gasteiger partial charge in [0.05, 0.1) is 11.5 Å². The van der Waals surface area contributed by atoms with Crippen LogP contribution in [0, 0.1) is 10.1 Å². The van der Waals surface area contributed by atoms with E-state index in [2.05, 4.69) is 15.9 Å². The summed E-state index contributed by atoms with van der Waals surface area (Å²) in [7, 11) is -4.33. The van der Waals surface area contributed by atoms with Crippen molar-refractivity contribution >= 4 is 49.1 Å². The Kier molecular flexibility index (Phi) is 6.38. The van der Waals surface area contributed by atoms with Crippen molar-refractivity contribution < 1.29 is 32.3 Å². The van der Waals surface area contributed by atoms with E-state index in [-0.39, 0.29) is 18.0 Å². The molecule has 0 aliphatic carbocycles. The monoisotopic (exact) mass is 586 g/mol. The lowest BCUT2D eigenvalue weighted by atomic mass is 10.1. The molecule has 0 N–H and O–H groups in total. The minimum absolute atomic E-state index is 0.0272. The summed E-state index contributed by atoms with van der Waals surface area (Å²) in [6.07, 6.45) is 1.27. The second-order valence-electron chi connectivity index (χ2n) is 8.09. The number of non-ortho nitro benzene ring substituents is 1. The Morgan fingerprint density at radius 3 is 2.51 bits per heavy atom. The molecule has 5 rings (SSSR count). The fourth-order valence-corrected chi connectivity index (χ4v) is 6.49. The van der Waals surface area contributed by atoms with Gasteiger partial charge >= 0.3 is 0 Å². The highest BCUT2D eigenvalue weighted by atomic mass is 79.9. The van der Waals surface area contributed by atoms with Gasteiger partial charge < -0.3 is 14.2 Å². The number of ether oxygens (including phenoxy) is 3. The number of rotatable bonds is 6. The zero-order valence-electron chi connectivity index (χ0n) is 19.3. The summed E-state index contributed by atoms with van der Waals surface area (Å²) in [5.74, 6) is 0.676. The average Bonchev–Trinajstić information content (AvgIpc) is 3.40. The quantitative estimate of drug-likeness (QED) is 0.225. The molecule has 1 amide bonds. The van der Waals surface area contributed by atoms with Crippen molar-refractivity contribution in [2.24, 2.45) is 0 Å². The van der Waals surface area contributed by atoms with E-state index < -0.39 is 30.9 Å². The van der Waals surface area contributed by atoms with Gasteiger partial charge in [-0.3, -0.25) is 19.8 Å². The molecule has 2 aliphatic heterocycles. The number of hydrogen-bond acceptors (Lipinski definition) is 8. The number of sulfone groups is 1. The van der Waals surface area contributed by atoms with Crippen molar-refractivity contribution in [3.8, 4) is 17.2 Å². The Morgan fingerprint density at radius 2 is 1.84 bits per heavy atom. The molecular formula is C25H19BrN2O8S. The number of nitrogens with zero attached hydrogens (tertiary/aromatic N) is 2. The normalized spacial score (nSPS) is 18.9. The Labute approximate surface area is 220 Å². The maximum absolute atomic E-state index is 13.9. The number of carbonyl (C=O) groups is 1. The number of carbonyl (C=O) groups excluding carboxylic acids is 1. The van der Waals surface area contributed by atoms with Crippen molar-refractivity contribution in [3.05, 3.63) is 91.3 Å². The number of fused-ring (bicyclic) bond motifs is 1. The molecule has 0 aromatic heterocycles. The van der Waals surface area contributed by atoms with Crippen LogP contribution in [-0.2, 0) is 14.6 Å². The number of amides is 1. The van der Waals surface area contributed by atoms with Crippen LogP contribution in [0.5, 0.6) is 17.2 Å². The lowest BCUT2D eigenvalue weighted by Gasteiger charge is -2.23. The smallest absolute Gasteiger partial charge is 0.271 e. The molecule has 12 heteroatoms. The fourth-order valence-electron chi connectivity index (χ4n) is 4.18. The summed E-state index contributed by atoms with van der Waals surface area (Å²) in [5, 5.41) is 9.89. The van der Waals surface area contributed by atoms with Gasteiger partial charge in [-0.1, -0.05) is 28.1 Å². The summed E-state index contributed by atoms with van der Waals surface area (Å²) in [4.78, 5) is 25.2. The summed E-state index contributed by atoms with van der Waals surface area (Å²) in [5.41, 5.74) is 0.483. The third-order valence-electron chi connectivity index (χ3n) is 5.84. The molecule has 1 saturated heterocycles. The van der Waals surface area contributed by atoms with Gasteiger partial charge in [0, 0.05) is 22.3 Å². The molecule has 0 radical (unpaired) electrons. The molecular weight excluding hydrogens is 568 g/mol. The lowest BCUT2D eigenvalue weighted by molar-refractivity contribution is -0.384. The summed E-state index contributed by atoms with van der Waals surface area (Å²) in [6.45, 7) is 2.29. The van der Waals surface area contributed by atoms with E-state index in [4.69, 9.17) is 14.2 Å². The molecule has 2 aliphatic rings. The summed E-state index contributed by atoms with van der Waals surface area (Å²) in [6, 6.07) is 14.9. The molecule has 2 heterocycles. The Bertz CT molecular complexity index is 1550. The molecule has 3 aromatic carbocycles. The van der Waals surface area contributed by atoms with Crippen molar-refractivity contribution in [1.29, 1.82) is 0 Å². The predicted molar refractivity (Wildman–Crippen MR) is 138 cm³/mol. The van der Waals surface area contributed by atoms with Gasteiger partial charge in [-0.05, 0) is 60.5 Å². The number of nitro benzene ring substituents is 1. The highest BCUT2D eigenvalue weighted by Crippen LogP contribution is 2.45. The standard InChI is InChI=1S/C25H19BrN2O8S/c1-2-34-19-8-6-17(7-9-19)27-24(29)23(12-16-11-21-22(13-20(16)26)36-14-35-21)37(32,33)25(27)15-4-3-5-18(10-15)28(30)31/h3-13,25H,2,14H2,1H3/b23-12+. The van der Waals surface area contributed by atoms with Gasteiger partial charge in [0.1, 0.15) is 10.7 Å². The Balaban J connectivity index is 1.67. The topological polar surface area (TPSA) is 125 Å². The van der Waals surface area contributed by atoms with Crippen LogP contribution >= 0.6 is 15.9 Å². The summed E-state index contributed by atoms with van der Waals surface area (Å²) < 4.78 is 44.5. The molecule has 1 unspecified atom stereocenters. The number of nitro groups is 1. The van der Waals surface area contributed by atoms with Crippen molar-refractivity contribution in [1.82, 2.24) is 0 Å². The van der Waals surface area contributed by atoms with E-state index in [1.165, 1.54) is 24.3 Å². The Morgan fingerprint density at radius 1 is 1.14 bits per heavy atom.